The first-order valence-corrected chi connectivity index (χ1v) is 6.74. The molecule has 7 nitrogen and oxygen atoms in total. The summed E-state index contributed by atoms with van der Waals surface area (Å²) in [5, 5.41) is 10.5. The van der Waals surface area contributed by atoms with Crippen LogP contribution in [0.5, 0.6) is 5.88 Å². The number of rotatable bonds is 2. The van der Waals surface area contributed by atoms with Crippen molar-refractivity contribution in [2.45, 2.75) is 6.92 Å². The lowest BCUT2D eigenvalue weighted by Crippen LogP contribution is -2.40. The molecule has 2 aromatic heterocycles. The molecular weight excluding hydrogens is 286 g/mol. The van der Waals surface area contributed by atoms with Crippen LogP contribution in [0.15, 0.2) is 47.4 Å². The van der Waals surface area contributed by atoms with E-state index >= 15 is 0 Å². The maximum atomic E-state index is 12.2. The average Bonchev–Trinajstić information content (AvgIpc) is 2.92. The SMILES string of the molecule is CCOC(=O)n1ccc2[nH]c(=O)c(-c3ccccc3)c(O)[n+]21. The van der Waals surface area contributed by atoms with Gasteiger partial charge in [0.15, 0.2) is 5.56 Å². The Labute approximate surface area is 125 Å². The van der Waals surface area contributed by atoms with Crippen molar-refractivity contribution in [3.05, 3.63) is 52.9 Å². The summed E-state index contributed by atoms with van der Waals surface area (Å²) in [6, 6.07) is 10.2. The number of aromatic nitrogens is 3. The summed E-state index contributed by atoms with van der Waals surface area (Å²) in [6.45, 7) is 1.89. The first kappa shape index (κ1) is 13.9. The highest BCUT2D eigenvalue weighted by molar-refractivity contribution is 5.70. The monoisotopic (exact) mass is 300 g/mol. The molecule has 7 heteroatoms. The topological polar surface area (TPSA) is 88.4 Å². The van der Waals surface area contributed by atoms with E-state index in [1.165, 1.54) is 16.8 Å². The van der Waals surface area contributed by atoms with Crippen LogP contribution in [0.3, 0.4) is 0 Å². The molecule has 0 atom stereocenters. The van der Waals surface area contributed by atoms with E-state index in [-0.39, 0.29) is 23.7 Å². The van der Waals surface area contributed by atoms with Gasteiger partial charge in [0.2, 0.25) is 0 Å². The Morgan fingerprint density at radius 1 is 1.32 bits per heavy atom. The Hall–Kier alpha value is -3.09. The minimum atomic E-state index is -0.649. The van der Waals surface area contributed by atoms with Crippen LogP contribution >= 0.6 is 0 Å². The van der Waals surface area contributed by atoms with Gasteiger partial charge in [0.1, 0.15) is 0 Å². The molecule has 0 bridgehead atoms. The molecule has 112 valence electrons. The second kappa shape index (κ2) is 5.36. The molecular formula is C15H14N3O4+. The van der Waals surface area contributed by atoms with Gasteiger partial charge in [-0.05, 0) is 12.5 Å². The Bertz CT molecular complexity index is 896. The van der Waals surface area contributed by atoms with E-state index in [4.69, 9.17) is 4.74 Å². The van der Waals surface area contributed by atoms with E-state index in [0.29, 0.717) is 5.56 Å². The fourth-order valence-electron chi connectivity index (χ4n) is 2.29. The molecule has 22 heavy (non-hydrogen) atoms. The number of fused-ring (bicyclic) bond motifs is 1. The Morgan fingerprint density at radius 2 is 2.05 bits per heavy atom. The summed E-state index contributed by atoms with van der Waals surface area (Å²) in [5.41, 5.74) is 0.482. The van der Waals surface area contributed by atoms with Crippen LogP contribution < -0.4 is 10.1 Å². The summed E-state index contributed by atoms with van der Waals surface area (Å²) in [7, 11) is 0. The third-order valence-corrected chi connectivity index (χ3v) is 3.23. The van der Waals surface area contributed by atoms with Crippen LogP contribution in [0, 0.1) is 0 Å². The number of aromatic amines is 1. The summed E-state index contributed by atoms with van der Waals surface area (Å²) in [4.78, 5) is 26.8. The van der Waals surface area contributed by atoms with Gasteiger partial charge in [0, 0.05) is 0 Å². The minimum absolute atomic E-state index is 0.0855. The first-order valence-electron chi connectivity index (χ1n) is 6.74. The van der Waals surface area contributed by atoms with Crippen molar-refractivity contribution < 1.29 is 19.2 Å². The van der Waals surface area contributed by atoms with Crippen molar-refractivity contribution in [1.82, 2.24) is 9.67 Å². The standard InChI is InChI=1S/C15H13N3O4/c1-2-22-15(21)17-9-8-11-16-13(19)12(14(20)18(11)17)10-6-4-3-5-7-10/h3-9H,2H2,1H3,(H,19,20)/p+1. The molecule has 1 aromatic carbocycles. The third-order valence-electron chi connectivity index (χ3n) is 3.23. The van der Waals surface area contributed by atoms with Gasteiger partial charge in [-0.25, -0.2) is 14.6 Å². The number of hydrogen-bond donors (Lipinski definition) is 2. The molecule has 0 aliphatic rings. The Kier molecular flexibility index (Phi) is 3.38. The van der Waals surface area contributed by atoms with E-state index < -0.39 is 11.7 Å². The normalized spacial score (nSPS) is 10.8. The van der Waals surface area contributed by atoms with Crippen LogP contribution in [-0.2, 0) is 4.74 Å². The van der Waals surface area contributed by atoms with Gasteiger partial charge in [0.05, 0.1) is 18.9 Å². The number of hydrogen-bond acceptors (Lipinski definition) is 4. The van der Waals surface area contributed by atoms with Crippen molar-refractivity contribution in [2.75, 3.05) is 6.61 Å². The summed E-state index contributed by atoms with van der Waals surface area (Å²) in [5.74, 6) is -0.331. The van der Waals surface area contributed by atoms with Gasteiger partial charge in [-0.2, -0.15) is 0 Å². The molecule has 0 unspecified atom stereocenters. The van der Waals surface area contributed by atoms with Crippen molar-refractivity contribution >= 4 is 11.7 Å². The second-order valence-corrected chi connectivity index (χ2v) is 4.58. The number of carbonyl (C=O) groups excluding carboxylic acids is 1. The zero-order valence-corrected chi connectivity index (χ0v) is 11.8. The van der Waals surface area contributed by atoms with Crippen LogP contribution in [0.25, 0.3) is 16.8 Å². The van der Waals surface area contributed by atoms with E-state index in [2.05, 4.69) is 4.98 Å². The van der Waals surface area contributed by atoms with Gasteiger partial charge in [0.25, 0.3) is 0 Å². The van der Waals surface area contributed by atoms with Gasteiger partial charge in [-0.15, -0.1) is 4.68 Å². The molecule has 2 heterocycles. The molecule has 3 rings (SSSR count). The molecule has 0 saturated heterocycles. The number of H-pyrrole nitrogens is 1. The molecule has 0 spiro atoms. The third kappa shape index (κ3) is 2.12. The summed E-state index contributed by atoms with van der Waals surface area (Å²) >= 11 is 0. The van der Waals surface area contributed by atoms with Gasteiger partial charge in [-0.1, -0.05) is 34.8 Å². The smallest absolute Gasteiger partial charge is 0.450 e. The van der Waals surface area contributed by atoms with Crippen LogP contribution in [-0.4, -0.2) is 27.5 Å². The van der Waals surface area contributed by atoms with Gasteiger partial charge in [-0.3, -0.25) is 0 Å². The van der Waals surface area contributed by atoms with Crippen molar-refractivity contribution in [2.24, 2.45) is 0 Å². The second-order valence-electron chi connectivity index (χ2n) is 4.58. The molecule has 0 amide bonds. The largest absolute Gasteiger partial charge is 0.476 e. The number of nitrogens with zero attached hydrogens (tertiary/aromatic N) is 2. The Morgan fingerprint density at radius 3 is 2.73 bits per heavy atom. The lowest BCUT2D eigenvalue weighted by Gasteiger charge is -2.04. The highest BCUT2D eigenvalue weighted by atomic mass is 16.6. The van der Waals surface area contributed by atoms with E-state index in [9.17, 15) is 14.7 Å². The zero-order valence-electron chi connectivity index (χ0n) is 11.8. The molecule has 0 fully saturated rings. The summed E-state index contributed by atoms with van der Waals surface area (Å²) in [6.07, 6.45) is 0.765. The quantitative estimate of drug-likeness (QED) is 0.698. The van der Waals surface area contributed by atoms with Crippen molar-refractivity contribution in [3.63, 3.8) is 0 Å². The van der Waals surface area contributed by atoms with Crippen LogP contribution in [0.4, 0.5) is 4.79 Å². The van der Waals surface area contributed by atoms with Gasteiger partial charge >= 0.3 is 23.2 Å². The maximum Gasteiger partial charge on any atom is 0.450 e. The fraction of sp³-hybridized carbons (Fsp3) is 0.133. The zero-order chi connectivity index (χ0) is 15.7. The maximum absolute atomic E-state index is 12.2. The first-order chi connectivity index (χ1) is 10.6. The average molecular weight is 300 g/mol. The highest BCUT2D eigenvalue weighted by Gasteiger charge is 2.25. The van der Waals surface area contributed by atoms with Crippen LogP contribution in [0.2, 0.25) is 0 Å². The fourth-order valence-corrected chi connectivity index (χ4v) is 2.29. The number of ether oxygens (including phenoxy) is 1. The van der Waals surface area contributed by atoms with E-state index in [1.807, 2.05) is 6.07 Å². The highest BCUT2D eigenvalue weighted by Crippen LogP contribution is 2.21. The summed E-state index contributed by atoms with van der Waals surface area (Å²) < 4.78 is 7.22. The molecule has 0 aliphatic carbocycles. The Balaban J connectivity index is 2.29. The van der Waals surface area contributed by atoms with Crippen LogP contribution in [0.1, 0.15) is 6.92 Å². The molecule has 0 saturated carbocycles. The van der Waals surface area contributed by atoms with E-state index in [0.717, 1.165) is 4.68 Å². The van der Waals surface area contributed by atoms with E-state index in [1.54, 1.807) is 31.2 Å². The lowest BCUT2D eigenvalue weighted by molar-refractivity contribution is -0.606. The molecule has 0 aliphatic heterocycles. The molecule has 3 aromatic rings. The van der Waals surface area contributed by atoms with Gasteiger partial charge < -0.3 is 9.84 Å². The number of aromatic hydroxyl groups is 1. The predicted molar refractivity (Wildman–Crippen MR) is 77.7 cm³/mol. The number of carbonyl (C=O) groups is 1. The minimum Gasteiger partial charge on any atom is -0.476 e. The number of benzene rings is 1. The number of nitrogens with one attached hydrogen (secondary N) is 1. The predicted octanol–water partition coefficient (Wildman–Crippen LogP) is 1.29. The van der Waals surface area contributed by atoms with Crippen molar-refractivity contribution in [3.8, 4) is 17.0 Å². The van der Waals surface area contributed by atoms with Crippen molar-refractivity contribution in [1.29, 1.82) is 0 Å². The molecule has 0 radical (unpaired) electrons. The lowest BCUT2D eigenvalue weighted by atomic mass is 10.1. The molecule has 2 N–H and O–H groups in total.